The molecule has 0 aliphatic heterocycles. The van der Waals surface area contributed by atoms with Gasteiger partial charge < -0.3 is 10.0 Å². The van der Waals surface area contributed by atoms with Crippen LogP contribution in [-0.4, -0.2) is 44.8 Å². The molecular formula is C17H19N3O3. The number of para-hydroxylation sites is 1. The first-order valence-electron chi connectivity index (χ1n) is 7.67. The van der Waals surface area contributed by atoms with Gasteiger partial charge in [0.25, 0.3) is 5.91 Å². The third-order valence-corrected chi connectivity index (χ3v) is 4.03. The molecule has 23 heavy (non-hydrogen) atoms. The van der Waals surface area contributed by atoms with Crippen molar-refractivity contribution in [3.8, 4) is 5.69 Å². The van der Waals surface area contributed by atoms with E-state index in [0.29, 0.717) is 23.7 Å². The monoisotopic (exact) mass is 313 g/mol. The Morgan fingerprint density at radius 2 is 2.00 bits per heavy atom. The highest BCUT2D eigenvalue weighted by molar-refractivity contribution is 5.96. The third-order valence-electron chi connectivity index (χ3n) is 4.03. The van der Waals surface area contributed by atoms with Crippen molar-refractivity contribution >= 4 is 11.9 Å². The smallest absolute Gasteiger partial charge is 0.323 e. The maximum absolute atomic E-state index is 12.7. The first-order valence-corrected chi connectivity index (χ1v) is 7.67. The summed E-state index contributed by atoms with van der Waals surface area (Å²) in [5, 5.41) is 13.3. The van der Waals surface area contributed by atoms with Crippen LogP contribution in [0.15, 0.2) is 36.5 Å². The molecule has 120 valence electrons. The zero-order valence-corrected chi connectivity index (χ0v) is 13.0. The van der Waals surface area contributed by atoms with Crippen LogP contribution in [0.25, 0.3) is 5.69 Å². The lowest BCUT2D eigenvalue weighted by atomic mass is 10.2. The van der Waals surface area contributed by atoms with E-state index in [1.54, 1.807) is 4.68 Å². The van der Waals surface area contributed by atoms with E-state index in [9.17, 15) is 9.59 Å². The van der Waals surface area contributed by atoms with E-state index in [0.717, 1.165) is 18.5 Å². The summed E-state index contributed by atoms with van der Waals surface area (Å²) in [6.07, 6.45) is 3.64. The third kappa shape index (κ3) is 3.41. The summed E-state index contributed by atoms with van der Waals surface area (Å²) >= 11 is 0. The van der Waals surface area contributed by atoms with Crippen LogP contribution < -0.4 is 0 Å². The van der Waals surface area contributed by atoms with Crippen molar-refractivity contribution in [1.82, 2.24) is 14.7 Å². The van der Waals surface area contributed by atoms with Crippen LogP contribution in [0.2, 0.25) is 0 Å². The van der Waals surface area contributed by atoms with Gasteiger partial charge in [0.05, 0.1) is 23.1 Å². The van der Waals surface area contributed by atoms with E-state index < -0.39 is 5.97 Å². The molecule has 0 spiro atoms. The van der Waals surface area contributed by atoms with E-state index in [4.69, 9.17) is 5.11 Å². The van der Waals surface area contributed by atoms with Crippen LogP contribution in [0.4, 0.5) is 0 Å². The van der Waals surface area contributed by atoms with Gasteiger partial charge in [-0.3, -0.25) is 9.59 Å². The minimum atomic E-state index is -0.993. The van der Waals surface area contributed by atoms with Gasteiger partial charge in [0.1, 0.15) is 6.54 Å². The van der Waals surface area contributed by atoms with Crippen molar-refractivity contribution in [2.75, 3.05) is 13.1 Å². The predicted octanol–water partition coefficient (Wildman–Crippen LogP) is 2.12. The van der Waals surface area contributed by atoms with Crippen LogP contribution in [0, 0.1) is 12.8 Å². The molecule has 1 amide bonds. The van der Waals surface area contributed by atoms with Gasteiger partial charge >= 0.3 is 5.97 Å². The second kappa shape index (κ2) is 6.24. The van der Waals surface area contributed by atoms with Gasteiger partial charge in [0.15, 0.2) is 0 Å². The number of hydrogen-bond donors (Lipinski definition) is 1. The van der Waals surface area contributed by atoms with Crippen LogP contribution in [0.5, 0.6) is 0 Å². The quantitative estimate of drug-likeness (QED) is 0.886. The van der Waals surface area contributed by atoms with Gasteiger partial charge in [0.2, 0.25) is 0 Å². The Morgan fingerprint density at radius 1 is 1.30 bits per heavy atom. The molecule has 1 heterocycles. The molecule has 1 aromatic carbocycles. The Balaban J connectivity index is 1.86. The summed E-state index contributed by atoms with van der Waals surface area (Å²) in [6.45, 7) is 2.05. The molecule has 0 radical (unpaired) electrons. The summed E-state index contributed by atoms with van der Waals surface area (Å²) in [5.74, 6) is -0.825. The van der Waals surface area contributed by atoms with Crippen molar-refractivity contribution in [3.63, 3.8) is 0 Å². The van der Waals surface area contributed by atoms with Gasteiger partial charge in [-0.05, 0) is 37.8 Å². The topological polar surface area (TPSA) is 75.4 Å². The molecule has 6 heteroatoms. The SMILES string of the molecule is Cc1c(C(=O)N(CC(=O)O)CC2CC2)cnn1-c1ccccc1. The highest BCUT2D eigenvalue weighted by Gasteiger charge is 2.30. The molecule has 0 bridgehead atoms. The van der Waals surface area contributed by atoms with Crippen LogP contribution >= 0.6 is 0 Å². The molecule has 1 fully saturated rings. The number of nitrogens with zero attached hydrogens (tertiary/aromatic N) is 3. The minimum Gasteiger partial charge on any atom is -0.480 e. The summed E-state index contributed by atoms with van der Waals surface area (Å²) < 4.78 is 1.70. The largest absolute Gasteiger partial charge is 0.480 e. The number of carboxylic acid groups (broad SMARTS) is 1. The van der Waals surface area contributed by atoms with Crippen molar-refractivity contribution in [2.24, 2.45) is 5.92 Å². The first kappa shape index (κ1) is 15.3. The maximum atomic E-state index is 12.7. The molecule has 0 unspecified atom stereocenters. The number of aromatic nitrogens is 2. The second-order valence-corrected chi connectivity index (χ2v) is 5.91. The number of hydrogen-bond acceptors (Lipinski definition) is 3. The van der Waals surface area contributed by atoms with Gasteiger partial charge in [0, 0.05) is 6.54 Å². The molecule has 1 N–H and O–H groups in total. The number of carbonyl (C=O) groups is 2. The average Bonchev–Trinajstić information content (AvgIpc) is 3.27. The highest BCUT2D eigenvalue weighted by Crippen LogP contribution is 2.30. The molecular weight excluding hydrogens is 294 g/mol. The number of aliphatic carboxylic acids is 1. The van der Waals surface area contributed by atoms with Crippen LogP contribution in [-0.2, 0) is 4.79 Å². The molecule has 6 nitrogen and oxygen atoms in total. The first-order chi connectivity index (χ1) is 11.1. The van der Waals surface area contributed by atoms with Crippen molar-refractivity contribution in [1.29, 1.82) is 0 Å². The van der Waals surface area contributed by atoms with Crippen molar-refractivity contribution in [2.45, 2.75) is 19.8 Å². The lowest BCUT2D eigenvalue weighted by Gasteiger charge is -2.20. The number of amides is 1. The van der Waals surface area contributed by atoms with Gasteiger partial charge in [-0.2, -0.15) is 5.10 Å². The fraction of sp³-hybridized carbons (Fsp3) is 0.353. The van der Waals surface area contributed by atoms with E-state index >= 15 is 0 Å². The summed E-state index contributed by atoms with van der Waals surface area (Å²) in [7, 11) is 0. The van der Waals surface area contributed by atoms with Gasteiger partial charge in [-0.1, -0.05) is 18.2 Å². The Labute approximate surface area is 134 Å². The average molecular weight is 313 g/mol. The summed E-state index contributed by atoms with van der Waals surface area (Å²) in [6, 6.07) is 9.54. The number of carboxylic acids is 1. The molecule has 1 aliphatic rings. The highest BCUT2D eigenvalue weighted by atomic mass is 16.4. The van der Waals surface area contributed by atoms with E-state index in [1.165, 1.54) is 11.1 Å². The van der Waals surface area contributed by atoms with Gasteiger partial charge in [-0.15, -0.1) is 0 Å². The standard InChI is InChI=1S/C17H19N3O3/c1-12-15(9-18-20(12)14-5-3-2-4-6-14)17(23)19(11-16(21)22)10-13-7-8-13/h2-6,9,13H,7-8,10-11H2,1H3,(H,21,22). The summed E-state index contributed by atoms with van der Waals surface area (Å²) in [5.41, 5.74) is 2.04. The molecule has 2 aromatic rings. The van der Waals surface area contributed by atoms with Crippen LogP contribution in [0.3, 0.4) is 0 Å². The number of rotatable bonds is 6. The predicted molar refractivity (Wildman–Crippen MR) is 84.6 cm³/mol. The Kier molecular flexibility index (Phi) is 4.14. The number of carbonyl (C=O) groups excluding carboxylic acids is 1. The molecule has 1 saturated carbocycles. The van der Waals surface area contributed by atoms with E-state index in [2.05, 4.69) is 5.10 Å². The fourth-order valence-electron chi connectivity index (χ4n) is 2.61. The van der Waals surface area contributed by atoms with Crippen molar-refractivity contribution in [3.05, 3.63) is 47.8 Å². The number of benzene rings is 1. The minimum absolute atomic E-state index is 0.265. The Hall–Kier alpha value is -2.63. The molecule has 0 saturated heterocycles. The lowest BCUT2D eigenvalue weighted by Crippen LogP contribution is -2.37. The molecule has 0 atom stereocenters. The zero-order chi connectivity index (χ0) is 16.4. The molecule has 3 rings (SSSR count). The van der Waals surface area contributed by atoms with Gasteiger partial charge in [-0.25, -0.2) is 4.68 Å². The fourth-order valence-corrected chi connectivity index (χ4v) is 2.61. The second-order valence-electron chi connectivity index (χ2n) is 5.91. The summed E-state index contributed by atoms with van der Waals surface area (Å²) in [4.78, 5) is 25.2. The molecule has 1 aliphatic carbocycles. The van der Waals surface area contributed by atoms with E-state index in [1.807, 2.05) is 37.3 Å². The van der Waals surface area contributed by atoms with Crippen LogP contribution in [0.1, 0.15) is 28.9 Å². The molecule has 1 aromatic heterocycles. The van der Waals surface area contributed by atoms with Crippen molar-refractivity contribution < 1.29 is 14.7 Å². The Bertz CT molecular complexity index is 720. The lowest BCUT2D eigenvalue weighted by molar-refractivity contribution is -0.137. The zero-order valence-electron chi connectivity index (χ0n) is 13.0. The maximum Gasteiger partial charge on any atom is 0.323 e. The normalized spacial score (nSPS) is 13.8. The van der Waals surface area contributed by atoms with E-state index in [-0.39, 0.29) is 12.5 Å². The Morgan fingerprint density at radius 3 is 2.61 bits per heavy atom.